The fraction of sp³-hybridized carbons (Fsp3) is 0.588. The van der Waals surface area contributed by atoms with E-state index in [9.17, 15) is 4.79 Å². The van der Waals surface area contributed by atoms with Gasteiger partial charge in [-0.2, -0.15) is 0 Å². The van der Waals surface area contributed by atoms with Crippen molar-refractivity contribution in [1.29, 1.82) is 0 Å². The lowest BCUT2D eigenvalue weighted by atomic mass is 9.95. The third-order valence-corrected chi connectivity index (χ3v) is 4.07. The van der Waals surface area contributed by atoms with Crippen LogP contribution in [0, 0.1) is 0 Å². The van der Waals surface area contributed by atoms with Gasteiger partial charge in [-0.25, -0.2) is 0 Å². The molecule has 2 rings (SSSR count). The Morgan fingerprint density at radius 3 is 2.80 bits per heavy atom. The van der Waals surface area contributed by atoms with E-state index in [1.165, 1.54) is 43.2 Å². The van der Waals surface area contributed by atoms with Gasteiger partial charge in [0, 0.05) is 18.2 Å². The molecular weight excluding hydrogens is 248 g/mol. The summed E-state index contributed by atoms with van der Waals surface area (Å²) in [5, 5.41) is 2.91. The molecule has 1 unspecified atom stereocenters. The molecule has 0 saturated heterocycles. The van der Waals surface area contributed by atoms with E-state index in [0.717, 1.165) is 18.5 Å². The van der Waals surface area contributed by atoms with Crippen LogP contribution in [0.4, 0.5) is 5.69 Å². The summed E-state index contributed by atoms with van der Waals surface area (Å²) in [6.07, 6.45) is 8.88. The zero-order valence-electron chi connectivity index (χ0n) is 12.5. The Morgan fingerprint density at radius 1 is 1.20 bits per heavy atom. The largest absolute Gasteiger partial charge is 0.326 e. The SMILES string of the molecule is CCCCCCCC(N)c1ccc2c(c1)CCC(=O)N2. The number of rotatable bonds is 7. The van der Waals surface area contributed by atoms with Gasteiger partial charge in [0.2, 0.25) is 5.91 Å². The molecule has 1 aliphatic rings. The lowest BCUT2D eigenvalue weighted by molar-refractivity contribution is -0.116. The Hall–Kier alpha value is -1.35. The van der Waals surface area contributed by atoms with Crippen molar-refractivity contribution in [3.05, 3.63) is 29.3 Å². The van der Waals surface area contributed by atoms with Gasteiger partial charge in [-0.1, -0.05) is 51.2 Å². The van der Waals surface area contributed by atoms with Gasteiger partial charge in [-0.3, -0.25) is 4.79 Å². The van der Waals surface area contributed by atoms with Crippen LogP contribution in [-0.2, 0) is 11.2 Å². The van der Waals surface area contributed by atoms with Crippen molar-refractivity contribution in [2.75, 3.05) is 5.32 Å². The molecule has 1 atom stereocenters. The second-order valence-corrected chi connectivity index (χ2v) is 5.77. The van der Waals surface area contributed by atoms with Crippen LogP contribution in [-0.4, -0.2) is 5.91 Å². The minimum atomic E-state index is 0.116. The van der Waals surface area contributed by atoms with E-state index in [0.29, 0.717) is 6.42 Å². The summed E-state index contributed by atoms with van der Waals surface area (Å²) >= 11 is 0. The highest BCUT2D eigenvalue weighted by Gasteiger charge is 2.16. The Balaban J connectivity index is 1.87. The summed E-state index contributed by atoms with van der Waals surface area (Å²) in [6, 6.07) is 6.35. The quantitative estimate of drug-likeness (QED) is 0.740. The third kappa shape index (κ3) is 4.07. The number of benzene rings is 1. The van der Waals surface area contributed by atoms with Crippen molar-refractivity contribution in [1.82, 2.24) is 0 Å². The van der Waals surface area contributed by atoms with Crippen molar-refractivity contribution in [2.45, 2.75) is 64.3 Å². The third-order valence-electron chi connectivity index (χ3n) is 4.07. The lowest BCUT2D eigenvalue weighted by Crippen LogP contribution is -2.19. The van der Waals surface area contributed by atoms with Crippen LogP contribution in [0.2, 0.25) is 0 Å². The van der Waals surface area contributed by atoms with Crippen LogP contribution < -0.4 is 11.1 Å². The molecule has 1 heterocycles. The van der Waals surface area contributed by atoms with Crippen molar-refractivity contribution < 1.29 is 4.79 Å². The number of fused-ring (bicyclic) bond motifs is 1. The molecule has 110 valence electrons. The summed E-state index contributed by atoms with van der Waals surface area (Å²) in [7, 11) is 0. The molecular formula is C17H26N2O. The standard InChI is InChI=1S/C17H26N2O/c1-2-3-4-5-6-7-15(18)13-8-10-16-14(12-13)9-11-17(20)19-16/h8,10,12,15H,2-7,9,11,18H2,1H3,(H,19,20). The van der Waals surface area contributed by atoms with Crippen LogP contribution in [0.1, 0.15) is 69.0 Å². The van der Waals surface area contributed by atoms with E-state index < -0.39 is 0 Å². The Bertz CT molecular complexity index is 456. The molecule has 1 aromatic carbocycles. The van der Waals surface area contributed by atoms with Crippen LogP contribution in [0.5, 0.6) is 0 Å². The van der Waals surface area contributed by atoms with Crippen LogP contribution in [0.25, 0.3) is 0 Å². The number of carbonyl (C=O) groups is 1. The molecule has 0 aromatic heterocycles. The number of nitrogens with one attached hydrogen (secondary N) is 1. The number of unbranched alkanes of at least 4 members (excludes halogenated alkanes) is 4. The smallest absolute Gasteiger partial charge is 0.224 e. The molecule has 3 nitrogen and oxygen atoms in total. The maximum absolute atomic E-state index is 11.3. The molecule has 0 bridgehead atoms. The van der Waals surface area contributed by atoms with Gasteiger partial charge in [-0.05, 0) is 30.0 Å². The molecule has 0 aliphatic carbocycles. The van der Waals surface area contributed by atoms with E-state index in [4.69, 9.17) is 5.73 Å². The highest BCUT2D eigenvalue weighted by Crippen LogP contribution is 2.27. The maximum atomic E-state index is 11.3. The van der Waals surface area contributed by atoms with Gasteiger partial charge in [0.05, 0.1) is 0 Å². The fourth-order valence-electron chi connectivity index (χ4n) is 2.77. The number of amides is 1. The average molecular weight is 274 g/mol. The van der Waals surface area contributed by atoms with Crippen molar-refractivity contribution in [2.24, 2.45) is 5.73 Å². The van der Waals surface area contributed by atoms with Crippen LogP contribution in [0.3, 0.4) is 0 Å². The molecule has 20 heavy (non-hydrogen) atoms. The van der Waals surface area contributed by atoms with E-state index in [1.54, 1.807) is 0 Å². The van der Waals surface area contributed by atoms with Crippen LogP contribution in [0.15, 0.2) is 18.2 Å². The van der Waals surface area contributed by atoms with Gasteiger partial charge in [0.25, 0.3) is 0 Å². The van der Waals surface area contributed by atoms with Crippen molar-refractivity contribution >= 4 is 11.6 Å². The fourth-order valence-corrected chi connectivity index (χ4v) is 2.77. The predicted molar refractivity (Wildman–Crippen MR) is 83.7 cm³/mol. The maximum Gasteiger partial charge on any atom is 0.224 e. The zero-order valence-corrected chi connectivity index (χ0v) is 12.5. The minimum absolute atomic E-state index is 0.116. The number of carbonyl (C=O) groups excluding carboxylic acids is 1. The first kappa shape index (κ1) is 15.0. The van der Waals surface area contributed by atoms with Gasteiger partial charge < -0.3 is 11.1 Å². The first-order valence-electron chi connectivity index (χ1n) is 7.89. The Morgan fingerprint density at radius 2 is 2.00 bits per heavy atom. The molecule has 1 aromatic rings. The highest BCUT2D eigenvalue weighted by molar-refractivity contribution is 5.93. The van der Waals surface area contributed by atoms with Gasteiger partial charge >= 0.3 is 0 Å². The number of aryl methyl sites for hydroxylation is 1. The summed E-state index contributed by atoms with van der Waals surface area (Å²) in [6.45, 7) is 2.23. The first-order valence-corrected chi connectivity index (χ1v) is 7.89. The Labute approximate surface area is 121 Å². The lowest BCUT2D eigenvalue weighted by Gasteiger charge is -2.19. The Kier molecular flexibility index (Phi) is 5.60. The first-order chi connectivity index (χ1) is 9.70. The topological polar surface area (TPSA) is 55.1 Å². The van der Waals surface area contributed by atoms with Crippen molar-refractivity contribution in [3.8, 4) is 0 Å². The second-order valence-electron chi connectivity index (χ2n) is 5.77. The van der Waals surface area contributed by atoms with Gasteiger partial charge in [0.15, 0.2) is 0 Å². The van der Waals surface area contributed by atoms with E-state index >= 15 is 0 Å². The van der Waals surface area contributed by atoms with Gasteiger partial charge in [0.1, 0.15) is 0 Å². The second kappa shape index (κ2) is 7.44. The summed E-state index contributed by atoms with van der Waals surface area (Å²) in [5.74, 6) is 0.116. The van der Waals surface area contributed by atoms with Crippen LogP contribution >= 0.6 is 0 Å². The number of hydrogen-bond acceptors (Lipinski definition) is 2. The number of hydrogen-bond donors (Lipinski definition) is 2. The molecule has 3 N–H and O–H groups in total. The molecule has 0 saturated carbocycles. The normalized spacial score (nSPS) is 15.6. The minimum Gasteiger partial charge on any atom is -0.326 e. The summed E-state index contributed by atoms with van der Waals surface area (Å²) in [5.41, 5.74) is 9.67. The van der Waals surface area contributed by atoms with E-state index in [-0.39, 0.29) is 11.9 Å². The van der Waals surface area contributed by atoms with Gasteiger partial charge in [-0.15, -0.1) is 0 Å². The molecule has 0 fully saturated rings. The number of anilines is 1. The zero-order chi connectivity index (χ0) is 14.4. The highest BCUT2D eigenvalue weighted by atomic mass is 16.1. The van der Waals surface area contributed by atoms with E-state index in [2.05, 4.69) is 24.4 Å². The number of nitrogens with two attached hydrogens (primary N) is 1. The average Bonchev–Trinajstić information content (AvgIpc) is 2.46. The molecule has 1 amide bonds. The summed E-state index contributed by atoms with van der Waals surface area (Å²) in [4.78, 5) is 11.3. The van der Waals surface area contributed by atoms with Crippen molar-refractivity contribution in [3.63, 3.8) is 0 Å². The van der Waals surface area contributed by atoms with E-state index in [1.807, 2.05) is 6.07 Å². The predicted octanol–water partition coefficient (Wildman–Crippen LogP) is 3.93. The molecule has 3 heteroatoms. The monoisotopic (exact) mass is 274 g/mol. The molecule has 1 aliphatic heterocycles. The molecule has 0 radical (unpaired) electrons. The molecule has 0 spiro atoms. The summed E-state index contributed by atoms with van der Waals surface area (Å²) < 4.78 is 0.